The number of amides is 1. The molecular formula is C10H19N3O. The molecule has 1 amide bonds. The van der Waals surface area contributed by atoms with Gasteiger partial charge in [-0.3, -0.25) is 4.79 Å². The fraction of sp³-hybridized carbons (Fsp3) is 0.900. The average molecular weight is 197 g/mol. The van der Waals surface area contributed by atoms with Gasteiger partial charge >= 0.3 is 0 Å². The van der Waals surface area contributed by atoms with E-state index in [9.17, 15) is 4.79 Å². The molecule has 2 heterocycles. The minimum Gasteiger partial charge on any atom is -0.351 e. The number of hydrogen-bond donors (Lipinski definition) is 3. The first-order valence-corrected chi connectivity index (χ1v) is 5.61. The highest BCUT2D eigenvalue weighted by Gasteiger charge is 2.23. The molecule has 2 atom stereocenters. The predicted molar refractivity (Wildman–Crippen MR) is 55.1 cm³/mol. The molecule has 3 N–H and O–H groups in total. The van der Waals surface area contributed by atoms with Gasteiger partial charge in [0.1, 0.15) is 0 Å². The fourth-order valence-electron chi connectivity index (χ4n) is 2.16. The van der Waals surface area contributed by atoms with E-state index in [1.165, 1.54) is 12.8 Å². The second-order valence-corrected chi connectivity index (χ2v) is 4.20. The molecule has 2 saturated heterocycles. The predicted octanol–water partition coefficient (Wildman–Crippen LogP) is -0.393. The van der Waals surface area contributed by atoms with Gasteiger partial charge in [0.2, 0.25) is 5.91 Å². The number of hydrogen-bond acceptors (Lipinski definition) is 3. The van der Waals surface area contributed by atoms with Crippen molar-refractivity contribution in [2.24, 2.45) is 0 Å². The van der Waals surface area contributed by atoms with E-state index in [4.69, 9.17) is 0 Å². The van der Waals surface area contributed by atoms with E-state index in [2.05, 4.69) is 16.0 Å². The zero-order valence-corrected chi connectivity index (χ0v) is 8.51. The van der Waals surface area contributed by atoms with Gasteiger partial charge in [-0.15, -0.1) is 0 Å². The van der Waals surface area contributed by atoms with Gasteiger partial charge in [0.25, 0.3) is 0 Å². The Morgan fingerprint density at radius 2 is 2.14 bits per heavy atom. The Balaban J connectivity index is 1.75. The van der Waals surface area contributed by atoms with Crippen LogP contribution in [0.25, 0.3) is 0 Å². The van der Waals surface area contributed by atoms with E-state index in [1.807, 2.05) is 0 Å². The minimum absolute atomic E-state index is 0.0596. The average Bonchev–Trinajstić information content (AvgIpc) is 2.72. The van der Waals surface area contributed by atoms with Crippen molar-refractivity contribution in [1.82, 2.24) is 16.0 Å². The van der Waals surface area contributed by atoms with Crippen LogP contribution < -0.4 is 16.0 Å². The van der Waals surface area contributed by atoms with Crippen LogP contribution in [0.3, 0.4) is 0 Å². The van der Waals surface area contributed by atoms with Crippen LogP contribution in [0.4, 0.5) is 0 Å². The summed E-state index contributed by atoms with van der Waals surface area (Å²) in [7, 11) is 0. The van der Waals surface area contributed by atoms with E-state index >= 15 is 0 Å². The van der Waals surface area contributed by atoms with Crippen molar-refractivity contribution in [2.75, 3.05) is 19.6 Å². The van der Waals surface area contributed by atoms with Crippen molar-refractivity contribution in [3.05, 3.63) is 0 Å². The van der Waals surface area contributed by atoms with Gasteiger partial charge in [-0.25, -0.2) is 0 Å². The summed E-state index contributed by atoms with van der Waals surface area (Å²) < 4.78 is 0. The summed E-state index contributed by atoms with van der Waals surface area (Å²) in [6.45, 7) is 2.95. The Bertz CT molecular complexity index is 196. The molecule has 0 aliphatic carbocycles. The summed E-state index contributed by atoms with van der Waals surface area (Å²) in [5.74, 6) is 0.193. The quantitative estimate of drug-likeness (QED) is 0.565. The van der Waals surface area contributed by atoms with Crippen molar-refractivity contribution in [3.8, 4) is 0 Å². The first-order chi connectivity index (χ1) is 6.86. The van der Waals surface area contributed by atoms with E-state index in [0.29, 0.717) is 6.04 Å². The number of nitrogens with one attached hydrogen (secondary N) is 3. The first kappa shape index (κ1) is 9.93. The van der Waals surface area contributed by atoms with Crippen LogP contribution in [0, 0.1) is 0 Å². The lowest BCUT2D eigenvalue weighted by atomic mass is 10.0. The molecule has 14 heavy (non-hydrogen) atoms. The second kappa shape index (κ2) is 4.75. The van der Waals surface area contributed by atoms with Gasteiger partial charge in [0.15, 0.2) is 0 Å². The summed E-state index contributed by atoms with van der Waals surface area (Å²) >= 11 is 0. The third-order valence-electron chi connectivity index (χ3n) is 3.03. The number of carbonyl (C=O) groups is 1. The van der Waals surface area contributed by atoms with Crippen LogP contribution >= 0.6 is 0 Å². The summed E-state index contributed by atoms with van der Waals surface area (Å²) in [5, 5.41) is 9.59. The van der Waals surface area contributed by atoms with Crippen LogP contribution in [0.15, 0.2) is 0 Å². The van der Waals surface area contributed by atoms with E-state index in [1.54, 1.807) is 0 Å². The Morgan fingerprint density at radius 1 is 1.21 bits per heavy atom. The molecule has 2 rings (SSSR count). The standard InChI is InChI=1S/C10H19N3O/c14-10(9-3-1-2-5-12-9)13-8-4-6-11-7-8/h8-9,11-12H,1-7H2,(H,13,14)/t8-,9?/m0/s1. The van der Waals surface area contributed by atoms with Crippen molar-refractivity contribution in [3.63, 3.8) is 0 Å². The van der Waals surface area contributed by atoms with Gasteiger partial charge < -0.3 is 16.0 Å². The third kappa shape index (κ3) is 2.45. The van der Waals surface area contributed by atoms with Gasteiger partial charge in [-0.1, -0.05) is 6.42 Å². The van der Waals surface area contributed by atoms with Crippen LogP contribution in [0.5, 0.6) is 0 Å². The Hall–Kier alpha value is -0.610. The fourth-order valence-corrected chi connectivity index (χ4v) is 2.16. The molecule has 4 heteroatoms. The monoisotopic (exact) mass is 197 g/mol. The van der Waals surface area contributed by atoms with Crippen LogP contribution in [-0.2, 0) is 4.79 Å². The van der Waals surface area contributed by atoms with Crippen LogP contribution in [0.1, 0.15) is 25.7 Å². The smallest absolute Gasteiger partial charge is 0.237 e. The highest BCUT2D eigenvalue weighted by molar-refractivity contribution is 5.82. The van der Waals surface area contributed by atoms with Crippen LogP contribution in [0.2, 0.25) is 0 Å². The summed E-state index contributed by atoms with van der Waals surface area (Å²) in [5.41, 5.74) is 0. The van der Waals surface area contributed by atoms with Crippen molar-refractivity contribution >= 4 is 5.91 Å². The largest absolute Gasteiger partial charge is 0.351 e. The molecule has 2 aliphatic heterocycles. The molecule has 0 saturated carbocycles. The molecule has 0 aromatic heterocycles. The van der Waals surface area contributed by atoms with Crippen molar-refractivity contribution in [1.29, 1.82) is 0 Å². The molecule has 2 fully saturated rings. The van der Waals surface area contributed by atoms with Crippen molar-refractivity contribution < 1.29 is 4.79 Å². The maximum Gasteiger partial charge on any atom is 0.237 e. The number of carbonyl (C=O) groups excluding carboxylic acids is 1. The SMILES string of the molecule is O=C(N[C@H]1CCNC1)C1CCCCN1. The zero-order chi connectivity index (χ0) is 9.80. The Labute approximate surface area is 84.8 Å². The molecule has 2 aliphatic rings. The molecule has 0 spiro atoms. The van der Waals surface area contributed by atoms with Gasteiger partial charge in [0.05, 0.1) is 6.04 Å². The first-order valence-electron chi connectivity index (χ1n) is 5.61. The molecule has 1 unspecified atom stereocenters. The minimum atomic E-state index is 0.0596. The van der Waals surface area contributed by atoms with Gasteiger partial charge in [-0.05, 0) is 32.4 Å². The lowest BCUT2D eigenvalue weighted by Crippen LogP contribution is -2.50. The lowest BCUT2D eigenvalue weighted by Gasteiger charge is -2.24. The topological polar surface area (TPSA) is 53.2 Å². The molecule has 0 aromatic rings. The second-order valence-electron chi connectivity index (χ2n) is 4.20. The summed E-state index contributed by atoms with van der Waals surface area (Å²) in [6, 6.07) is 0.413. The van der Waals surface area contributed by atoms with Gasteiger partial charge in [-0.2, -0.15) is 0 Å². The van der Waals surface area contributed by atoms with E-state index in [-0.39, 0.29) is 11.9 Å². The molecule has 0 radical (unpaired) electrons. The van der Waals surface area contributed by atoms with E-state index < -0.39 is 0 Å². The Morgan fingerprint density at radius 3 is 2.79 bits per heavy atom. The zero-order valence-electron chi connectivity index (χ0n) is 8.51. The Kier molecular flexibility index (Phi) is 3.37. The maximum atomic E-state index is 11.8. The molecule has 0 bridgehead atoms. The molecule has 0 aromatic carbocycles. The number of rotatable bonds is 2. The maximum absolute atomic E-state index is 11.8. The highest BCUT2D eigenvalue weighted by Crippen LogP contribution is 2.07. The lowest BCUT2D eigenvalue weighted by molar-refractivity contribution is -0.124. The highest BCUT2D eigenvalue weighted by atomic mass is 16.2. The summed E-state index contributed by atoms with van der Waals surface area (Å²) in [4.78, 5) is 11.8. The van der Waals surface area contributed by atoms with E-state index in [0.717, 1.165) is 32.5 Å². The molecular weight excluding hydrogens is 178 g/mol. The van der Waals surface area contributed by atoms with Crippen LogP contribution in [-0.4, -0.2) is 37.6 Å². The number of piperidine rings is 1. The summed E-state index contributed by atoms with van der Waals surface area (Å²) in [6.07, 6.45) is 4.44. The van der Waals surface area contributed by atoms with Crippen molar-refractivity contribution in [2.45, 2.75) is 37.8 Å². The van der Waals surface area contributed by atoms with Gasteiger partial charge in [0, 0.05) is 12.6 Å². The molecule has 80 valence electrons. The molecule has 4 nitrogen and oxygen atoms in total. The third-order valence-corrected chi connectivity index (χ3v) is 3.03. The normalized spacial score (nSPS) is 32.9.